The van der Waals surface area contributed by atoms with Gasteiger partial charge in [-0.25, -0.2) is 9.97 Å². The fourth-order valence-corrected chi connectivity index (χ4v) is 3.56. The van der Waals surface area contributed by atoms with E-state index in [-0.39, 0.29) is 0 Å². The van der Waals surface area contributed by atoms with Crippen molar-refractivity contribution in [3.8, 4) is 0 Å². The molecular weight excluding hydrogens is 310 g/mol. The first-order valence-electron chi connectivity index (χ1n) is 8.94. The number of anilines is 2. The molecular formula is C20H23N5. The number of aromatic nitrogens is 2. The first kappa shape index (κ1) is 15.8. The maximum atomic E-state index is 8.52. The summed E-state index contributed by atoms with van der Waals surface area (Å²) in [6, 6.07) is 9.94. The lowest BCUT2D eigenvalue weighted by Gasteiger charge is -2.32. The second-order valence-corrected chi connectivity index (χ2v) is 6.70. The summed E-state index contributed by atoms with van der Waals surface area (Å²) in [5.41, 5.74) is 5.88. The number of hydrogen-bond donors (Lipinski definition) is 3. The molecule has 0 radical (unpaired) electrons. The number of hydrogen-bond acceptors (Lipinski definition) is 5. The van der Waals surface area contributed by atoms with Gasteiger partial charge in [0.25, 0.3) is 0 Å². The van der Waals surface area contributed by atoms with Crippen molar-refractivity contribution < 1.29 is 0 Å². The van der Waals surface area contributed by atoms with Crippen LogP contribution in [0, 0.1) is 11.3 Å². The molecule has 25 heavy (non-hydrogen) atoms. The van der Waals surface area contributed by atoms with E-state index >= 15 is 0 Å². The Morgan fingerprint density at radius 2 is 1.96 bits per heavy atom. The summed E-state index contributed by atoms with van der Waals surface area (Å²) < 4.78 is 0. The summed E-state index contributed by atoms with van der Waals surface area (Å²) in [4.78, 5) is 9.26. The van der Waals surface area contributed by atoms with E-state index in [0.717, 1.165) is 35.4 Å². The molecule has 1 aromatic heterocycles. The van der Waals surface area contributed by atoms with Crippen LogP contribution in [0.3, 0.4) is 0 Å². The molecule has 1 heterocycles. The number of fused-ring (bicyclic) bond motifs is 1. The SMILES string of the molecule is CN/C(=C1\C(=N)CCc2cnc(Nc3ccccc3)nc21)C1CCC1. The van der Waals surface area contributed by atoms with Gasteiger partial charge in [-0.3, -0.25) is 0 Å². The fourth-order valence-electron chi connectivity index (χ4n) is 3.56. The molecule has 5 heteroatoms. The van der Waals surface area contributed by atoms with Crippen LogP contribution >= 0.6 is 0 Å². The molecule has 2 aliphatic rings. The van der Waals surface area contributed by atoms with Crippen molar-refractivity contribution in [2.75, 3.05) is 12.4 Å². The summed E-state index contributed by atoms with van der Waals surface area (Å²) in [6.45, 7) is 0. The van der Waals surface area contributed by atoms with E-state index in [9.17, 15) is 0 Å². The number of rotatable bonds is 4. The van der Waals surface area contributed by atoms with E-state index in [1.54, 1.807) is 0 Å². The number of nitrogens with zero attached hydrogens (tertiary/aromatic N) is 2. The van der Waals surface area contributed by atoms with Crippen LogP contribution in [-0.4, -0.2) is 22.7 Å². The van der Waals surface area contributed by atoms with Gasteiger partial charge in [0, 0.05) is 35.9 Å². The lowest BCUT2D eigenvalue weighted by Crippen LogP contribution is -2.28. The first-order chi connectivity index (χ1) is 12.3. The number of aryl methyl sites for hydroxylation is 1. The first-order valence-corrected chi connectivity index (χ1v) is 8.94. The fraction of sp³-hybridized carbons (Fsp3) is 0.350. The van der Waals surface area contributed by atoms with E-state index in [1.807, 2.05) is 43.6 Å². The molecule has 0 amide bonds. The lowest BCUT2D eigenvalue weighted by atomic mass is 9.78. The zero-order valence-corrected chi connectivity index (χ0v) is 14.5. The standard InChI is InChI=1S/C20H23N5/c1-22-18(13-6-5-7-13)17-16(21)11-10-14-12-23-20(25-19(14)17)24-15-8-3-2-4-9-15/h2-4,8-9,12-13,21-22H,5-7,10-11H2,1H3,(H,23,24,25)/b18-17+,21-16?. The molecule has 0 spiro atoms. The minimum atomic E-state index is 0.534. The molecule has 128 valence electrons. The monoisotopic (exact) mass is 333 g/mol. The zero-order valence-electron chi connectivity index (χ0n) is 14.5. The number of nitrogens with one attached hydrogen (secondary N) is 3. The number of allylic oxidation sites excluding steroid dienone is 2. The van der Waals surface area contributed by atoms with E-state index < -0.39 is 0 Å². The Kier molecular flexibility index (Phi) is 4.22. The van der Waals surface area contributed by atoms with E-state index in [2.05, 4.69) is 15.6 Å². The Morgan fingerprint density at radius 3 is 2.64 bits per heavy atom. The van der Waals surface area contributed by atoms with Crippen molar-refractivity contribution in [3.63, 3.8) is 0 Å². The molecule has 2 aromatic rings. The van der Waals surface area contributed by atoms with Crippen LogP contribution in [0.1, 0.15) is 36.9 Å². The molecule has 2 aliphatic carbocycles. The Morgan fingerprint density at radius 1 is 1.16 bits per heavy atom. The Bertz CT molecular complexity index is 821. The van der Waals surface area contributed by atoms with Crippen molar-refractivity contribution in [2.45, 2.75) is 32.1 Å². The molecule has 0 unspecified atom stereocenters. The average Bonchev–Trinajstić information content (AvgIpc) is 2.59. The third-order valence-electron chi connectivity index (χ3n) is 5.13. The van der Waals surface area contributed by atoms with Crippen LogP contribution in [0.2, 0.25) is 0 Å². The van der Waals surface area contributed by atoms with Crippen molar-refractivity contribution in [1.82, 2.24) is 15.3 Å². The molecule has 1 saturated carbocycles. The summed E-state index contributed by atoms with van der Waals surface area (Å²) in [5, 5.41) is 15.2. The summed E-state index contributed by atoms with van der Waals surface area (Å²) >= 11 is 0. The van der Waals surface area contributed by atoms with Gasteiger partial charge >= 0.3 is 0 Å². The van der Waals surface area contributed by atoms with E-state index in [1.165, 1.54) is 25.0 Å². The topological polar surface area (TPSA) is 73.7 Å². The zero-order chi connectivity index (χ0) is 17.2. The minimum absolute atomic E-state index is 0.534. The molecule has 0 saturated heterocycles. The quantitative estimate of drug-likeness (QED) is 0.793. The van der Waals surface area contributed by atoms with Gasteiger partial charge in [0.15, 0.2) is 0 Å². The van der Waals surface area contributed by atoms with Crippen LogP contribution in [0.25, 0.3) is 5.57 Å². The van der Waals surface area contributed by atoms with Gasteiger partial charge < -0.3 is 16.0 Å². The molecule has 1 fully saturated rings. The van der Waals surface area contributed by atoms with Gasteiger partial charge in [0.1, 0.15) is 0 Å². The van der Waals surface area contributed by atoms with Gasteiger partial charge in [-0.15, -0.1) is 0 Å². The molecule has 1 aromatic carbocycles. The Hall–Kier alpha value is -2.69. The largest absolute Gasteiger partial charge is 0.391 e. The highest BCUT2D eigenvalue weighted by Crippen LogP contribution is 2.38. The van der Waals surface area contributed by atoms with Crippen LogP contribution in [-0.2, 0) is 6.42 Å². The van der Waals surface area contributed by atoms with Crippen molar-refractivity contribution in [2.24, 2.45) is 5.92 Å². The maximum Gasteiger partial charge on any atom is 0.227 e. The number of benzene rings is 1. The van der Waals surface area contributed by atoms with Crippen LogP contribution in [0.15, 0.2) is 42.2 Å². The van der Waals surface area contributed by atoms with Gasteiger partial charge in [-0.1, -0.05) is 24.6 Å². The molecule has 5 nitrogen and oxygen atoms in total. The van der Waals surface area contributed by atoms with Gasteiger partial charge in [0.2, 0.25) is 5.95 Å². The van der Waals surface area contributed by atoms with E-state index in [4.69, 9.17) is 10.4 Å². The highest BCUT2D eigenvalue weighted by Gasteiger charge is 2.30. The number of para-hydroxylation sites is 1. The third-order valence-corrected chi connectivity index (χ3v) is 5.13. The highest BCUT2D eigenvalue weighted by molar-refractivity contribution is 6.24. The average molecular weight is 333 g/mol. The minimum Gasteiger partial charge on any atom is -0.391 e. The van der Waals surface area contributed by atoms with Crippen molar-refractivity contribution in [3.05, 3.63) is 53.5 Å². The predicted molar refractivity (Wildman–Crippen MR) is 101 cm³/mol. The second-order valence-electron chi connectivity index (χ2n) is 6.70. The highest BCUT2D eigenvalue weighted by atomic mass is 15.1. The van der Waals surface area contributed by atoms with Gasteiger partial charge in [-0.2, -0.15) is 0 Å². The molecule has 4 rings (SSSR count). The molecule has 3 N–H and O–H groups in total. The normalized spacial score (nSPS) is 19.0. The maximum absolute atomic E-state index is 8.52. The molecule has 0 aliphatic heterocycles. The third kappa shape index (κ3) is 3.02. The summed E-state index contributed by atoms with van der Waals surface area (Å²) in [7, 11) is 1.96. The summed E-state index contributed by atoms with van der Waals surface area (Å²) in [5.74, 6) is 1.12. The lowest BCUT2D eigenvalue weighted by molar-refractivity contribution is 0.356. The Balaban J connectivity index is 1.75. The van der Waals surface area contributed by atoms with Crippen molar-refractivity contribution >= 4 is 22.9 Å². The summed E-state index contributed by atoms with van der Waals surface area (Å²) in [6.07, 6.45) is 7.17. The second kappa shape index (κ2) is 6.67. The van der Waals surface area contributed by atoms with Crippen LogP contribution in [0.4, 0.5) is 11.6 Å². The van der Waals surface area contributed by atoms with Crippen LogP contribution < -0.4 is 10.6 Å². The van der Waals surface area contributed by atoms with Crippen LogP contribution in [0.5, 0.6) is 0 Å². The van der Waals surface area contributed by atoms with E-state index in [0.29, 0.717) is 17.6 Å². The molecule has 0 atom stereocenters. The smallest absolute Gasteiger partial charge is 0.227 e. The van der Waals surface area contributed by atoms with Gasteiger partial charge in [0.05, 0.1) is 5.69 Å². The van der Waals surface area contributed by atoms with Crippen molar-refractivity contribution in [1.29, 1.82) is 5.41 Å². The molecule has 0 bridgehead atoms. The van der Waals surface area contributed by atoms with Gasteiger partial charge in [-0.05, 0) is 49.3 Å². The predicted octanol–water partition coefficient (Wildman–Crippen LogP) is 3.92. The Labute approximate surface area is 148 Å².